The van der Waals surface area contributed by atoms with Crippen molar-refractivity contribution in [1.82, 2.24) is 25.3 Å². The standard InChI is InChI=1S/C19H24N6OS/c1-13(2)16-6-4-15(5-7-16)12-25-17(8-11-21-25)22-19(26)20-10-9-18-24-23-14(3)27-18/h4-8,11,13H,9-10,12H2,1-3H3,(H2,20,22,26). The molecular weight excluding hydrogens is 360 g/mol. The highest BCUT2D eigenvalue weighted by Crippen LogP contribution is 2.16. The Kier molecular flexibility index (Phi) is 6.18. The van der Waals surface area contributed by atoms with E-state index >= 15 is 0 Å². The molecule has 0 aliphatic carbocycles. The summed E-state index contributed by atoms with van der Waals surface area (Å²) in [4.78, 5) is 12.1. The zero-order chi connectivity index (χ0) is 19.2. The van der Waals surface area contributed by atoms with Gasteiger partial charge in [-0.05, 0) is 24.0 Å². The van der Waals surface area contributed by atoms with E-state index in [1.165, 1.54) is 5.56 Å². The van der Waals surface area contributed by atoms with E-state index in [4.69, 9.17) is 0 Å². The van der Waals surface area contributed by atoms with Crippen LogP contribution in [0, 0.1) is 6.92 Å². The lowest BCUT2D eigenvalue weighted by atomic mass is 10.0. The van der Waals surface area contributed by atoms with Gasteiger partial charge in [-0.1, -0.05) is 38.1 Å². The van der Waals surface area contributed by atoms with Crippen molar-refractivity contribution in [1.29, 1.82) is 0 Å². The number of hydrogen-bond acceptors (Lipinski definition) is 5. The lowest BCUT2D eigenvalue weighted by molar-refractivity contribution is 0.252. The van der Waals surface area contributed by atoms with Gasteiger partial charge in [-0.25, -0.2) is 9.48 Å². The topological polar surface area (TPSA) is 84.7 Å². The molecule has 0 unspecified atom stereocenters. The average Bonchev–Trinajstić information content (AvgIpc) is 3.24. The van der Waals surface area contributed by atoms with Gasteiger partial charge in [0.25, 0.3) is 0 Å². The summed E-state index contributed by atoms with van der Waals surface area (Å²) in [6.45, 7) is 7.37. The Morgan fingerprint density at radius 3 is 2.63 bits per heavy atom. The number of rotatable bonds is 7. The maximum absolute atomic E-state index is 12.1. The van der Waals surface area contributed by atoms with Crippen molar-refractivity contribution in [2.75, 3.05) is 11.9 Å². The van der Waals surface area contributed by atoms with Crippen LogP contribution >= 0.6 is 11.3 Å². The lowest BCUT2D eigenvalue weighted by Crippen LogP contribution is -2.31. The molecule has 0 saturated carbocycles. The molecule has 0 radical (unpaired) electrons. The van der Waals surface area contributed by atoms with Crippen LogP contribution in [0.25, 0.3) is 0 Å². The van der Waals surface area contributed by atoms with Gasteiger partial charge in [0.05, 0.1) is 12.7 Å². The Bertz CT molecular complexity index is 884. The normalized spacial score (nSPS) is 11.0. The number of carbonyl (C=O) groups is 1. The molecule has 2 aromatic heterocycles. The average molecular weight is 385 g/mol. The molecule has 2 heterocycles. The van der Waals surface area contributed by atoms with Gasteiger partial charge in [-0.2, -0.15) is 5.10 Å². The van der Waals surface area contributed by atoms with E-state index in [0.29, 0.717) is 31.2 Å². The molecule has 0 aliphatic rings. The van der Waals surface area contributed by atoms with Gasteiger partial charge in [0.15, 0.2) is 0 Å². The van der Waals surface area contributed by atoms with E-state index in [2.05, 4.69) is 64.0 Å². The Balaban J connectivity index is 1.52. The van der Waals surface area contributed by atoms with E-state index in [0.717, 1.165) is 15.6 Å². The third-order valence-electron chi connectivity index (χ3n) is 4.13. The molecule has 7 nitrogen and oxygen atoms in total. The maximum atomic E-state index is 12.1. The molecule has 0 spiro atoms. The molecule has 0 saturated heterocycles. The molecule has 2 amide bonds. The van der Waals surface area contributed by atoms with E-state index in [1.54, 1.807) is 28.3 Å². The Morgan fingerprint density at radius 2 is 1.96 bits per heavy atom. The van der Waals surface area contributed by atoms with E-state index < -0.39 is 0 Å². The third kappa shape index (κ3) is 5.37. The summed E-state index contributed by atoms with van der Waals surface area (Å²) in [6, 6.07) is 10.0. The van der Waals surface area contributed by atoms with Crippen molar-refractivity contribution < 1.29 is 4.79 Å². The van der Waals surface area contributed by atoms with E-state index in [9.17, 15) is 4.79 Å². The molecule has 0 atom stereocenters. The molecule has 3 rings (SSSR count). The largest absolute Gasteiger partial charge is 0.337 e. The molecule has 0 aliphatic heterocycles. The van der Waals surface area contributed by atoms with Crippen molar-refractivity contribution in [3.05, 3.63) is 57.7 Å². The molecule has 142 valence electrons. The number of carbonyl (C=O) groups excluding carboxylic acids is 1. The molecular formula is C19H24N6OS. The predicted molar refractivity (Wildman–Crippen MR) is 107 cm³/mol. The summed E-state index contributed by atoms with van der Waals surface area (Å²) in [6.07, 6.45) is 2.35. The quantitative estimate of drug-likeness (QED) is 0.652. The van der Waals surface area contributed by atoms with Crippen molar-refractivity contribution in [2.24, 2.45) is 0 Å². The number of amides is 2. The molecule has 8 heteroatoms. The fraction of sp³-hybridized carbons (Fsp3) is 0.368. The second kappa shape index (κ2) is 8.77. The number of nitrogens with zero attached hydrogens (tertiary/aromatic N) is 4. The number of anilines is 1. The summed E-state index contributed by atoms with van der Waals surface area (Å²) >= 11 is 1.54. The first-order valence-electron chi connectivity index (χ1n) is 8.96. The van der Waals surface area contributed by atoms with Crippen LogP contribution in [0.5, 0.6) is 0 Å². The van der Waals surface area contributed by atoms with Gasteiger partial charge in [-0.3, -0.25) is 5.32 Å². The molecule has 27 heavy (non-hydrogen) atoms. The van der Waals surface area contributed by atoms with Crippen LogP contribution in [0.3, 0.4) is 0 Å². The minimum absolute atomic E-state index is 0.256. The van der Waals surface area contributed by atoms with Crippen molar-refractivity contribution in [3.63, 3.8) is 0 Å². The molecule has 3 aromatic rings. The molecule has 0 fully saturated rings. The van der Waals surface area contributed by atoms with Gasteiger partial charge < -0.3 is 5.32 Å². The van der Waals surface area contributed by atoms with Crippen LogP contribution in [0.2, 0.25) is 0 Å². The van der Waals surface area contributed by atoms with E-state index in [-0.39, 0.29) is 6.03 Å². The second-order valence-corrected chi connectivity index (χ2v) is 7.88. The maximum Gasteiger partial charge on any atom is 0.320 e. The monoisotopic (exact) mass is 384 g/mol. The van der Waals surface area contributed by atoms with Crippen LogP contribution in [0.4, 0.5) is 10.6 Å². The highest BCUT2D eigenvalue weighted by molar-refractivity contribution is 7.11. The van der Waals surface area contributed by atoms with Gasteiger partial charge in [0.2, 0.25) is 0 Å². The number of aromatic nitrogens is 4. The number of aryl methyl sites for hydroxylation is 1. The highest BCUT2D eigenvalue weighted by Gasteiger charge is 2.08. The van der Waals surface area contributed by atoms with Gasteiger partial charge in [-0.15, -0.1) is 21.5 Å². The first kappa shape index (κ1) is 19.0. The Morgan fingerprint density at radius 1 is 1.19 bits per heavy atom. The second-order valence-electron chi connectivity index (χ2n) is 6.62. The number of hydrogen-bond donors (Lipinski definition) is 2. The summed E-state index contributed by atoms with van der Waals surface area (Å²) in [5.74, 6) is 1.17. The van der Waals surface area contributed by atoms with Crippen LogP contribution in [0.1, 0.15) is 40.9 Å². The minimum atomic E-state index is -0.256. The minimum Gasteiger partial charge on any atom is -0.337 e. The van der Waals surface area contributed by atoms with Crippen molar-refractivity contribution >= 4 is 23.2 Å². The first-order chi connectivity index (χ1) is 13.0. The smallest absolute Gasteiger partial charge is 0.320 e. The fourth-order valence-corrected chi connectivity index (χ4v) is 3.34. The first-order valence-corrected chi connectivity index (χ1v) is 9.77. The summed E-state index contributed by atoms with van der Waals surface area (Å²) in [5.41, 5.74) is 2.45. The molecule has 2 N–H and O–H groups in total. The van der Waals surface area contributed by atoms with E-state index in [1.807, 2.05) is 6.92 Å². The number of benzene rings is 1. The van der Waals surface area contributed by atoms with Gasteiger partial charge in [0, 0.05) is 19.0 Å². The Hall–Kier alpha value is -2.74. The van der Waals surface area contributed by atoms with Crippen molar-refractivity contribution in [2.45, 2.75) is 39.7 Å². The van der Waals surface area contributed by atoms with Gasteiger partial charge >= 0.3 is 6.03 Å². The van der Waals surface area contributed by atoms with Crippen LogP contribution in [0.15, 0.2) is 36.5 Å². The molecule has 1 aromatic carbocycles. The number of urea groups is 1. The van der Waals surface area contributed by atoms with Crippen molar-refractivity contribution in [3.8, 4) is 0 Å². The zero-order valence-electron chi connectivity index (χ0n) is 15.8. The Labute approximate surface area is 162 Å². The fourth-order valence-electron chi connectivity index (χ4n) is 2.63. The molecule has 0 bridgehead atoms. The van der Waals surface area contributed by atoms with Crippen LogP contribution < -0.4 is 10.6 Å². The SMILES string of the molecule is Cc1nnc(CCNC(=O)Nc2ccnn2Cc2ccc(C(C)C)cc2)s1. The lowest BCUT2D eigenvalue weighted by Gasteiger charge is -2.11. The number of nitrogens with one attached hydrogen (secondary N) is 2. The highest BCUT2D eigenvalue weighted by atomic mass is 32.1. The summed E-state index contributed by atoms with van der Waals surface area (Å²) < 4.78 is 1.78. The zero-order valence-corrected chi connectivity index (χ0v) is 16.6. The van der Waals surface area contributed by atoms with Crippen LogP contribution in [-0.2, 0) is 13.0 Å². The summed E-state index contributed by atoms with van der Waals surface area (Å²) in [7, 11) is 0. The summed E-state index contributed by atoms with van der Waals surface area (Å²) in [5, 5.41) is 19.9. The third-order valence-corrected chi connectivity index (χ3v) is 5.03. The predicted octanol–water partition coefficient (Wildman–Crippen LogP) is 3.58. The van der Waals surface area contributed by atoms with Crippen LogP contribution in [-0.4, -0.2) is 32.6 Å². The van der Waals surface area contributed by atoms with Gasteiger partial charge in [0.1, 0.15) is 15.8 Å².